The van der Waals surface area contributed by atoms with Gasteiger partial charge in [0.25, 0.3) is 0 Å². The van der Waals surface area contributed by atoms with E-state index in [-0.39, 0.29) is 11.9 Å². The van der Waals surface area contributed by atoms with Crippen LogP contribution in [0, 0.1) is 0 Å². The molecule has 1 atom stereocenters. The number of ether oxygens (including phenoxy) is 1. The van der Waals surface area contributed by atoms with Crippen molar-refractivity contribution in [2.24, 2.45) is 0 Å². The Bertz CT molecular complexity index is 980. The number of hydrogen-bond acceptors (Lipinski definition) is 7. The summed E-state index contributed by atoms with van der Waals surface area (Å²) >= 11 is 0. The van der Waals surface area contributed by atoms with E-state index in [9.17, 15) is 4.79 Å². The molecular formula is C22H24N6O2. The van der Waals surface area contributed by atoms with Crippen LogP contribution in [0.1, 0.15) is 36.6 Å². The maximum atomic E-state index is 13.1. The van der Waals surface area contributed by atoms with Gasteiger partial charge < -0.3 is 15.0 Å². The lowest BCUT2D eigenvalue weighted by atomic mass is 9.98. The molecule has 8 nitrogen and oxygen atoms in total. The summed E-state index contributed by atoms with van der Waals surface area (Å²) in [6.45, 7) is 0.733. The number of carbonyl (C=O) groups is 1. The van der Waals surface area contributed by atoms with Crippen molar-refractivity contribution < 1.29 is 9.53 Å². The van der Waals surface area contributed by atoms with Gasteiger partial charge in [-0.3, -0.25) is 9.78 Å². The molecule has 4 rings (SSSR count). The number of likely N-dealkylation sites (tertiary alicyclic amines) is 1. The van der Waals surface area contributed by atoms with Crippen molar-refractivity contribution in [1.29, 1.82) is 0 Å². The molecule has 1 aliphatic rings. The van der Waals surface area contributed by atoms with E-state index < -0.39 is 0 Å². The molecule has 1 amide bonds. The molecule has 0 unspecified atom stereocenters. The van der Waals surface area contributed by atoms with E-state index in [2.05, 4.69) is 25.3 Å². The van der Waals surface area contributed by atoms with E-state index in [4.69, 9.17) is 4.74 Å². The van der Waals surface area contributed by atoms with Gasteiger partial charge in [0.1, 0.15) is 5.75 Å². The van der Waals surface area contributed by atoms with Gasteiger partial charge in [-0.2, -0.15) is 0 Å². The van der Waals surface area contributed by atoms with Crippen molar-refractivity contribution in [3.63, 3.8) is 0 Å². The molecule has 3 aromatic rings. The van der Waals surface area contributed by atoms with E-state index in [1.807, 2.05) is 35.2 Å². The van der Waals surface area contributed by atoms with Gasteiger partial charge in [-0.1, -0.05) is 12.1 Å². The minimum atomic E-state index is -0.0603. The second kappa shape index (κ2) is 9.30. The summed E-state index contributed by atoms with van der Waals surface area (Å²) < 4.78 is 5.20. The van der Waals surface area contributed by atoms with Crippen LogP contribution in [0.5, 0.6) is 5.75 Å². The van der Waals surface area contributed by atoms with Gasteiger partial charge in [0, 0.05) is 25.1 Å². The van der Waals surface area contributed by atoms with Gasteiger partial charge in [0.15, 0.2) is 5.82 Å². The monoisotopic (exact) mass is 404 g/mol. The fourth-order valence-electron chi connectivity index (χ4n) is 3.65. The molecule has 0 bridgehead atoms. The van der Waals surface area contributed by atoms with Gasteiger partial charge in [-0.15, -0.1) is 0 Å². The number of rotatable bonds is 6. The Hall–Kier alpha value is -3.55. The fraction of sp³-hybridized carbons (Fsp3) is 0.318. The van der Waals surface area contributed by atoms with E-state index in [1.165, 1.54) is 0 Å². The minimum Gasteiger partial charge on any atom is -0.497 e. The Morgan fingerprint density at radius 1 is 1.13 bits per heavy atom. The summed E-state index contributed by atoms with van der Waals surface area (Å²) in [5.41, 5.74) is 1.80. The average Bonchev–Trinajstić information content (AvgIpc) is 2.80. The minimum absolute atomic E-state index is 0.0603. The lowest BCUT2D eigenvalue weighted by molar-refractivity contribution is -0.134. The van der Waals surface area contributed by atoms with Crippen molar-refractivity contribution in [2.45, 2.75) is 31.7 Å². The third-order valence-corrected chi connectivity index (χ3v) is 5.16. The first kappa shape index (κ1) is 19.8. The fourth-order valence-corrected chi connectivity index (χ4v) is 3.65. The number of nitrogens with one attached hydrogen (secondary N) is 1. The number of nitrogens with zero attached hydrogens (tertiary/aromatic N) is 5. The van der Waals surface area contributed by atoms with Crippen LogP contribution in [0.2, 0.25) is 0 Å². The van der Waals surface area contributed by atoms with Crippen molar-refractivity contribution in [3.8, 4) is 5.75 Å². The van der Waals surface area contributed by atoms with Gasteiger partial charge in [-0.25, -0.2) is 15.0 Å². The lowest BCUT2D eigenvalue weighted by Gasteiger charge is -2.35. The molecule has 1 saturated heterocycles. The molecular weight excluding hydrogens is 380 g/mol. The molecule has 0 saturated carbocycles. The molecule has 1 N–H and O–H groups in total. The quantitative estimate of drug-likeness (QED) is 0.674. The predicted molar refractivity (Wildman–Crippen MR) is 112 cm³/mol. The second-order valence-corrected chi connectivity index (χ2v) is 7.14. The molecule has 2 aromatic heterocycles. The van der Waals surface area contributed by atoms with Crippen molar-refractivity contribution in [2.75, 3.05) is 19.0 Å². The smallest absolute Gasteiger partial charge is 0.228 e. The van der Waals surface area contributed by atoms with E-state index >= 15 is 0 Å². The first-order valence-electron chi connectivity index (χ1n) is 10.0. The molecule has 154 valence electrons. The number of benzene rings is 1. The van der Waals surface area contributed by atoms with Crippen LogP contribution in [0.4, 0.5) is 11.8 Å². The highest BCUT2D eigenvalue weighted by molar-refractivity contribution is 5.79. The first-order valence-corrected chi connectivity index (χ1v) is 10.0. The normalized spacial score (nSPS) is 16.2. The zero-order chi connectivity index (χ0) is 20.8. The van der Waals surface area contributed by atoms with Crippen LogP contribution in [0.15, 0.2) is 55.1 Å². The Morgan fingerprint density at radius 2 is 2.00 bits per heavy atom. The van der Waals surface area contributed by atoms with Crippen LogP contribution in [0.25, 0.3) is 0 Å². The van der Waals surface area contributed by atoms with Crippen molar-refractivity contribution >= 4 is 17.7 Å². The maximum absolute atomic E-state index is 13.1. The molecule has 0 spiro atoms. The molecule has 8 heteroatoms. The number of hydrogen-bond donors (Lipinski definition) is 1. The van der Waals surface area contributed by atoms with E-state index in [1.54, 1.807) is 31.9 Å². The van der Waals surface area contributed by atoms with Crippen LogP contribution in [-0.2, 0) is 11.2 Å². The number of carbonyl (C=O) groups excluding carboxylic acids is 1. The molecule has 1 aromatic carbocycles. The van der Waals surface area contributed by atoms with Gasteiger partial charge in [-0.05, 0) is 43.0 Å². The molecule has 0 radical (unpaired) electrons. The summed E-state index contributed by atoms with van der Waals surface area (Å²) in [5, 5.41) is 3.07. The highest BCUT2D eigenvalue weighted by Crippen LogP contribution is 2.31. The van der Waals surface area contributed by atoms with E-state index in [0.717, 1.165) is 42.8 Å². The largest absolute Gasteiger partial charge is 0.497 e. The first-order chi connectivity index (χ1) is 14.7. The Morgan fingerprint density at radius 3 is 2.77 bits per heavy atom. The zero-order valence-corrected chi connectivity index (χ0v) is 16.9. The SMILES string of the molecule is COc1ccc(CC(=O)N2CCCC[C@H]2c2ccnc(Nc3cnccn3)n2)cc1. The number of methoxy groups -OCH3 is 1. The van der Waals surface area contributed by atoms with Gasteiger partial charge in [0.05, 0.1) is 31.5 Å². The van der Waals surface area contributed by atoms with Gasteiger partial charge in [0.2, 0.25) is 11.9 Å². The summed E-state index contributed by atoms with van der Waals surface area (Å²) in [5.74, 6) is 1.91. The summed E-state index contributed by atoms with van der Waals surface area (Å²) in [4.78, 5) is 32.2. The number of anilines is 2. The Kier molecular flexibility index (Phi) is 6.12. The number of aromatic nitrogens is 4. The summed E-state index contributed by atoms with van der Waals surface area (Å²) in [6, 6.07) is 9.45. The Balaban J connectivity index is 1.50. The third-order valence-electron chi connectivity index (χ3n) is 5.16. The summed E-state index contributed by atoms with van der Waals surface area (Å²) in [6.07, 6.45) is 9.84. The topological polar surface area (TPSA) is 93.1 Å². The molecule has 0 aliphatic carbocycles. The number of amides is 1. The van der Waals surface area contributed by atoms with E-state index in [0.29, 0.717) is 18.2 Å². The highest BCUT2D eigenvalue weighted by Gasteiger charge is 2.29. The second-order valence-electron chi connectivity index (χ2n) is 7.14. The van der Waals surface area contributed by atoms with Gasteiger partial charge >= 0.3 is 0 Å². The standard InChI is InChI=1S/C22H24N6O2/c1-30-17-7-5-16(6-8-17)14-21(29)28-13-3-2-4-19(28)18-9-10-25-22(26-18)27-20-15-23-11-12-24-20/h5-12,15,19H,2-4,13-14H2,1H3,(H,24,25,26,27)/t19-/m0/s1. The third kappa shape index (κ3) is 4.71. The molecule has 3 heterocycles. The molecule has 1 fully saturated rings. The average molecular weight is 404 g/mol. The number of piperidine rings is 1. The van der Waals surface area contributed by atoms with Crippen LogP contribution in [-0.4, -0.2) is 44.4 Å². The van der Waals surface area contributed by atoms with Crippen molar-refractivity contribution in [1.82, 2.24) is 24.8 Å². The Labute approximate surface area is 175 Å². The van der Waals surface area contributed by atoms with Crippen LogP contribution in [0.3, 0.4) is 0 Å². The van der Waals surface area contributed by atoms with Crippen molar-refractivity contribution in [3.05, 3.63) is 66.4 Å². The van der Waals surface area contributed by atoms with Crippen LogP contribution < -0.4 is 10.1 Å². The lowest BCUT2D eigenvalue weighted by Crippen LogP contribution is -2.39. The zero-order valence-electron chi connectivity index (χ0n) is 16.9. The predicted octanol–water partition coefficient (Wildman–Crippen LogP) is 3.32. The molecule has 1 aliphatic heterocycles. The van der Waals surface area contributed by atoms with Crippen LogP contribution >= 0.6 is 0 Å². The summed E-state index contributed by atoms with van der Waals surface area (Å²) in [7, 11) is 1.63. The maximum Gasteiger partial charge on any atom is 0.228 e. The highest BCUT2D eigenvalue weighted by atomic mass is 16.5. The molecule has 30 heavy (non-hydrogen) atoms.